The second kappa shape index (κ2) is 5.10. The lowest BCUT2D eigenvalue weighted by Crippen LogP contribution is -2.11. The molecule has 0 saturated carbocycles. The van der Waals surface area contributed by atoms with E-state index in [-0.39, 0.29) is 5.75 Å². The SMILES string of the molecule is COC(=O)CS(=O)c1ccc2ccccc2c1. The molecule has 2 aromatic carbocycles. The Kier molecular flexibility index (Phi) is 3.54. The molecule has 0 bridgehead atoms. The minimum absolute atomic E-state index is 0.102. The van der Waals surface area contributed by atoms with E-state index in [1.54, 1.807) is 6.07 Å². The van der Waals surface area contributed by atoms with Crippen molar-refractivity contribution in [2.24, 2.45) is 0 Å². The Labute approximate surface area is 102 Å². The van der Waals surface area contributed by atoms with Gasteiger partial charge in [0.25, 0.3) is 0 Å². The fourth-order valence-electron chi connectivity index (χ4n) is 1.56. The molecule has 0 aliphatic heterocycles. The van der Waals surface area contributed by atoms with E-state index in [1.807, 2.05) is 36.4 Å². The third-order valence-electron chi connectivity index (χ3n) is 2.46. The third kappa shape index (κ3) is 2.71. The van der Waals surface area contributed by atoms with E-state index < -0.39 is 16.8 Å². The van der Waals surface area contributed by atoms with Gasteiger partial charge in [0, 0.05) is 4.90 Å². The Morgan fingerprint density at radius 2 is 1.88 bits per heavy atom. The van der Waals surface area contributed by atoms with Gasteiger partial charge >= 0.3 is 5.97 Å². The van der Waals surface area contributed by atoms with Crippen molar-refractivity contribution in [3.05, 3.63) is 42.5 Å². The summed E-state index contributed by atoms with van der Waals surface area (Å²) < 4.78 is 16.4. The van der Waals surface area contributed by atoms with E-state index >= 15 is 0 Å². The number of rotatable bonds is 3. The summed E-state index contributed by atoms with van der Waals surface area (Å²) in [6, 6.07) is 13.3. The van der Waals surface area contributed by atoms with E-state index in [0.717, 1.165) is 10.8 Å². The maximum atomic E-state index is 11.9. The zero-order valence-corrected chi connectivity index (χ0v) is 10.2. The third-order valence-corrected chi connectivity index (χ3v) is 3.74. The van der Waals surface area contributed by atoms with Gasteiger partial charge in [-0.25, -0.2) is 0 Å². The summed E-state index contributed by atoms with van der Waals surface area (Å²) in [5.41, 5.74) is 0. The van der Waals surface area contributed by atoms with Gasteiger partial charge in [-0.2, -0.15) is 0 Å². The van der Waals surface area contributed by atoms with Crippen LogP contribution in [0.5, 0.6) is 0 Å². The summed E-state index contributed by atoms with van der Waals surface area (Å²) in [6.45, 7) is 0. The Hall–Kier alpha value is -1.68. The van der Waals surface area contributed by atoms with E-state index in [1.165, 1.54) is 7.11 Å². The molecular weight excluding hydrogens is 236 g/mol. The van der Waals surface area contributed by atoms with Crippen LogP contribution < -0.4 is 0 Å². The number of methoxy groups -OCH3 is 1. The summed E-state index contributed by atoms with van der Waals surface area (Å²) in [6.07, 6.45) is 0. The molecule has 3 nitrogen and oxygen atoms in total. The number of carbonyl (C=O) groups excluding carboxylic acids is 1. The van der Waals surface area contributed by atoms with Crippen LogP contribution in [0.4, 0.5) is 0 Å². The predicted octanol–water partition coefficient (Wildman–Crippen LogP) is 2.12. The van der Waals surface area contributed by atoms with Crippen LogP contribution >= 0.6 is 0 Å². The summed E-state index contributed by atoms with van der Waals surface area (Å²) in [5.74, 6) is -0.564. The molecule has 88 valence electrons. The van der Waals surface area contributed by atoms with Crippen molar-refractivity contribution in [3.63, 3.8) is 0 Å². The van der Waals surface area contributed by atoms with Crippen LogP contribution in [-0.4, -0.2) is 23.0 Å². The van der Waals surface area contributed by atoms with Crippen molar-refractivity contribution < 1.29 is 13.7 Å². The molecule has 0 spiro atoms. The average molecular weight is 248 g/mol. The zero-order chi connectivity index (χ0) is 12.3. The van der Waals surface area contributed by atoms with Gasteiger partial charge in [-0.1, -0.05) is 30.3 Å². The quantitative estimate of drug-likeness (QED) is 0.781. The van der Waals surface area contributed by atoms with Gasteiger partial charge in [0.1, 0.15) is 5.75 Å². The second-order valence-corrected chi connectivity index (χ2v) is 5.03. The van der Waals surface area contributed by atoms with Crippen LogP contribution in [0.25, 0.3) is 10.8 Å². The fraction of sp³-hybridized carbons (Fsp3) is 0.154. The van der Waals surface area contributed by atoms with Crippen LogP contribution in [0.1, 0.15) is 0 Å². The number of ether oxygens (including phenoxy) is 1. The molecule has 0 radical (unpaired) electrons. The van der Waals surface area contributed by atoms with Crippen LogP contribution in [0.2, 0.25) is 0 Å². The van der Waals surface area contributed by atoms with E-state index in [2.05, 4.69) is 4.74 Å². The molecule has 17 heavy (non-hydrogen) atoms. The van der Waals surface area contributed by atoms with Crippen molar-refractivity contribution in [2.45, 2.75) is 4.90 Å². The first kappa shape index (κ1) is 11.8. The lowest BCUT2D eigenvalue weighted by molar-refractivity contribution is -0.137. The summed E-state index contributed by atoms with van der Waals surface area (Å²) >= 11 is 0. The molecule has 0 N–H and O–H groups in total. The van der Waals surface area contributed by atoms with Crippen LogP contribution in [0, 0.1) is 0 Å². The maximum Gasteiger partial charge on any atom is 0.318 e. The number of benzene rings is 2. The Balaban J connectivity index is 2.30. The lowest BCUT2D eigenvalue weighted by atomic mass is 10.1. The van der Waals surface area contributed by atoms with Gasteiger partial charge in [0.15, 0.2) is 0 Å². The zero-order valence-electron chi connectivity index (χ0n) is 9.38. The van der Waals surface area contributed by atoms with Crippen molar-refractivity contribution in [1.29, 1.82) is 0 Å². The van der Waals surface area contributed by atoms with Crippen molar-refractivity contribution in [2.75, 3.05) is 12.9 Å². The molecule has 0 amide bonds. The topological polar surface area (TPSA) is 43.4 Å². The average Bonchev–Trinajstić information content (AvgIpc) is 2.38. The number of esters is 1. The van der Waals surface area contributed by atoms with E-state index in [0.29, 0.717) is 4.90 Å². The van der Waals surface area contributed by atoms with Crippen molar-refractivity contribution in [1.82, 2.24) is 0 Å². The van der Waals surface area contributed by atoms with Gasteiger partial charge in [-0.05, 0) is 22.9 Å². The summed E-state index contributed by atoms with van der Waals surface area (Å²) in [7, 11) is -0.0524. The highest BCUT2D eigenvalue weighted by molar-refractivity contribution is 7.85. The summed E-state index contributed by atoms with van der Waals surface area (Å²) in [5, 5.41) is 2.11. The molecule has 1 atom stereocenters. The molecule has 0 aliphatic rings. The number of fused-ring (bicyclic) bond motifs is 1. The maximum absolute atomic E-state index is 11.9. The summed E-state index contributed by atoms with van der Waals surface area (Å²) in [4.78, 5) is 11.7. The molecule has 0 aromatic heterocycles. The smallest absolute Gasteiger partial charge is 0.318 e. The second-order valence-electron chi connectivity index (χ2n) is 3.57. The minimum Gasteiger partial charge on any atom is -0.468 e. The van der Waals surface area contributed by atoms with Gasteiger partial charge < -0.3 is 4.74 Å². The Morgan fingerprint density at radius 1 is 1.18 bits per heavy atom. The van der Waals surface area contributed by atoms with Crippen molar-refractivity contribution in [3.8, 4) is 0 Å². The molecule has 0 heterocycles. The van der Waals surface area contributed by atoms with Gasteiger partial charge in [0.2, 0.25) is 0 Å². The highest BCUT2D eigenvalue weighted by Gasteiger charge is 2.10. The highest BCUT2D eigenvalue weighted by Crippen LogP contribution is 2.18. The first-order chi connectivity index (χ1) is 8.20. The molecule has 0 saturated heterocycles. The Morgan fingerprint density at radius 3 is 2.59 bits per heavy atom. The predicted molar refractivity (Wildman–Crippen MR) is 67.2 cm³/mol. The number of carbonyl (C=O) groups is 1. The minimum atomic E-state index is -1.34. The number of hydrogen-bond acceptors (Lipinski definition) is 3. The van der Waals surface area contributed by atoms with Gasteiger partial charge in [0.05, 0.1) is 17.9 Å². The molecule has 0 fully saturated rings. The monoisotopic (exact) mass is 248 g/mol. The molecular formula is C13H12O3S. The molecule has 2 rings (SSSR count). The fourth-order valence-corrected chi connectivity index (χ4v) is 2.54. The van der Waals surface area contributed by atoms with Crippen LogP contribution in [-0.2, 0) is 20.3 Å². The van der Waals surface area contributed by atoms with E-state index in [9.17, 15) is 9.00 Å². The van der Waals surface area contributed by atoms with E-state index in [4.69, 9.17) is 0 Å². The van der Waals surface area contributed by atoms with Crippen molar-refractivity contribution >= 4 is 27.5 Å². The largest absolute Gasteiger partial charge is 0.468 e. The number of hydrogen-bond donors (Lipinski definition) is 0. The Bertz CT molecular complexity index is 578. The van der Waals surface area contributed by atoms with Crippen LogP contribution in [0.15, 0.2) is 47.4 Å². The van der Waals surface area contributed by atoms with Crippen LogP contribution in [0.3, 0.4) is 0 Å². The first-order valence-corrected chi connectivity index (χ1v) is 6.46. The van der Waals surface area contributed by atoms with Gasteiger partial charge in [-0.3, -0.25) is 9.00 Å². The molecule has 1 unspecified atom stereocenters. The lowest BCUT2D eigenvalue weighted by Gasteiger charge is -2.03. The normalized spacial score (nSPS) is 12.3. The van der Waals surface area contributed by atoms with Gasteiger partial charge in [-0.15, -0.1) is 0 Å². The molecule has 2 aromatic rings. The highest BCUT2D eigenvalue weighted by atomic mass is 32.2. The first-order valence-electron chi connectivity index (χ1n) is 5.14. The standard InChI is InChI=1S/C13H12O3S/c1-16-13(14)9-17(15)12-7-6-10-4-2-3-5-11(10)8-12/h2-8H,9H2,1H3. The molecule has 4 heteroatoms. The molecule has 0 aliphatic carbocycles.